The van der Waals surface area contributed by atoms with Crippen molar-refractivity contribution in [2.24, 2.45) is 0 Å². The van der Waals surface area contributed by atoms with Gasteiger partial charge in [0, 0.05) is 38.2 Å². The number of hydrogen-bond donors (Lipinski definition) is 1. The van der Waals surface area contributed by atoms with Gasteiger partial charge in [0.2, 0.25) is 10.0 Å². The van der Waals surface area contributed by atoms with E-state index < -0.39 is 15.9 Å². The summed E-state index contributed by atoms with van der Waals surface area (Å²) >= 11 is 0. The second-order valence-electron chi connectivity index (χ2n) is 7.05. The van der Waals surface area contributed by atoms with Crippen LogP contribution in [0.15, 0.2) is 58.1 Å². The van der Waals surface area contributed by atoms with E-state index >= 15 is 0 Å². The Balaban J connectivity index is 1.41. The van der Waals surface area contributed by atoms with E-state index in [0.29, 0.717) is 18.7 Å². The van der Waals surface area contributed by atoms with Gasteiger partial charge < -0.3 is 9.15 Å². The van der Waals surface area contributed by atoms with Crippen molar-refractivity contribution in [2.45, 2.75) is 23.8 Å². The van der Waals surface area contributed by atoms with Crippen LogP contribution in [0, 0.1) is 0 Å². The second kappa shape index (κ2) is 8.92. The molecule has 1 saturated heterocycles. The number of hydrogen-bond acceptors (Lipinski definition) is 8. The van der Waals surface area contributed by atoms with E-state index in [1.807, 2.05) is 0 Å². The highest BCUT2D eigenvalue weighted by molar-refractivity contribution is 7.89. The minimum Gasteiger partial charge on any atom is -0.403 e. The van der Waals surface area contributed by atoms with Gasteiger partial charge in [0.25, 0.3) is 11.8 Å². The summed E-state index contributed by atoms with van der Waals surface area (Å²) < 4.78 is 37.7. The van der Waals surface area contributed by atoms with Crippen LogP contribution in [0.2, 0.25) is 0 Å². The maximum absolute atomic E-state index is 12.8. The first-order valence-electron chi connectivity index (χ1n) is 9.67. The molecule has 31 heavy (non-hydrogen) atoms. The monoisotopic (exact) mass is 443 g/mol. The second-order valence-corrected chi connectivity index (χ2v) is 9.10. The van der Waals surface area contributed by atoms with E-state index in [0.717, 1.165) is 12.8 Å². The van der Waals surface area contributed by atoms with E-state index in [-0.39, 0.29) is 28.5 Å². The SMILES string of the molecule is CN(CC1CCCO1)S(=O)(=O)c1ccc(C(=O)Nc2nnc(-c3cccnc3)o2)cc1. The lowest BCUT2D eigenvalue weighted by Crippen LogP contribution is -2.34. The molecule has 0 bridgehead atoms. The van der Waals surface area contributed by atoms with E-state index in [2.05, 4.69) is 20.5 Å². The lowest BCUT2D eigenvalue weighted by Gasteiger charge is -2.20. The van der Waals surface area contributed by atoms with Crippen LogP contribution in [0.4, 0.5) is 6.01 Å². The number of nitrogens with zero attached hydrogens (tertiary/aromatic N) is 4. The standard InChI is InChI=1S/C20H21N5O5S/c1-25(13-16-5-3-11-29-16)31(27,28)17-8-6-14(7-9-17)18(26)22-20-24-23-19(30-20)15-4-2-10-21-12-15/h2,4,6-10,12,16H,3,5,11,13H2,1H3,(H,22,24,26). The van der Waals surface area contributed by atoms with Crippen LogP contribution in [-0.4, -0.2) is 60.1 Å². The summed E-state index contributed by atoms with van der Waals surface area (Å²) in [6.07, 6.45) is 4.88. The number of benzene rings is 1. The molecule has 3 aromatic rings. The molecule has 10 nitrogen and oxygen atoms in total. The number of carbonyl (C=O) groups excluding carboxylic acids is 1. The molecule has 2 aromatic heterocycles. The maximum atomic E-state index is 12.8. The van der Waals surface area contributed by atoms with Gasteiger partial charge in [-0.25, -0.2) is 8.42 Å². The van der Waals surface area contributed by atoms with Crippen molar-refractivity contribution in [1.82, 2.24) is 19.5 Å². The van der Waals surface area contributed by atoms with Gasteiger partial charge in [-0.2, -0.15) is 4.31 Å². The highest BCUT2D eigenvalue weighted by atomic mass is 32.2. The third kappa shape index (κ3) is 4.79. The quantitative estimate of drug-likeness (QED) is 0.589. The molecule has 4 rings (SSSR count). The molecule has 0 aliphatic carbocycles. The van der Waals surface area contributed by atoms with Crippen molar-refractivity contribution in [3.8, 4) is 11.5 Å². The van der Waals surface area contributed by atoms with Crippen molar-refractivity contribution in [2.75, 3.05) is 25.5 Å². The fourth-order valence-corrected chi connectivity index (χ4v) is 4.38. The van der Waals surface area contributed by atoms with Gasteiger partial charge in [-0.05, 0) is 49.2 Å². The van der Waals surface area contributed by atoms with Gasteiger partial charge >= 0.3 is 6.01 Å². The molecule has 1 amide bonds. The first kappa shape index (κ1) is 21.1. The summed E-state index contributed by atoms with van der Waals surface area (Å²) in [7, 11) is -2.16. The first-order chi connectivity index (χ1) is 14.9. The highest BCUT2D eigenvalue weighted by Crippen LogP contribution is 2.21. The van der Waals surface area contributed by atoms with Crippen LogP contribution >= 0.6 is 0 Å². The molecule has 1 N–H and O–H groups in total. The van der Waals surface area contributed by atoms with Gasteiger partial charge in [-0.3, -0.25) is 15.1 Å². The summed E-state index contributed by atoms with van der Waals surface area (Å²) in [6, 6.07) is 9.06. The molecule has 1 aliphatic heterocycles. The molecule has 1 atom stereocenters. The minimum absolute atomic E-state index is 0.0724. The normalized spacial score (nSPS) is 16.5. The van der Waals surface area contributed by atoms with Gasteiger partial charge in [-0.15, -0.1) is 5.10 Å². The largest absolute Gasteiger partial charge is 0.403 e. The number of amides is 1. The Kier molecular flexibility index (Phi) is 6.07. The number of ether oxygens (including phenoxy) is 1. The van der Waals surface area contributed by atoms with E-state index in [4.69, 9.17) is 9.15 Å². The van der Waals surface area contributed by atoms with Crippen LogP contribution in [0.3, 0.4) is 0 Å². The number of nitrogens with one attached hydrogen (secondary N) is 1. The molecule has 1 fully saturated rings. The molecular formula is C20H21N5O5S. The summed E-state index contributed by atoms with van der Waals surface area (Å²) in [5.41, 5.74) is 0.874. The topological polar surface area (TPSA) is 128 Å². The van der Waals surface area contributed by atoms with Crippen LogP contribution in [0.25, 0.3) is 11.5 Å². The predicted molar refractivity (Wildman–Crippen MR) is 111 cm³/mol. The van der Waals surface area contributed by atoms with Crippen LogP contribution in [-0.2, 0) is 14.8 Å². The molecule has 162 valence electrons. The van der Waals surface area contributed by atoms with E-state index in [1.54, 1.807) is 24.5 Å². The lowest BCUT2D eigenvalue weighted by molar-refractivity contribution is 0.0979. The third-order valence-corrected chi connectivity index (χ3v) is 6.70. The van der Waals surface area contributed by atoms with Crippen LogP contribution < -0.4 is 5.32 Å². The van der Waals surface area contributed by atoms with Gasteiger partial charge in [0.15, 0.2) is 0 Å². The molecule has 11 heteroatoms. The first-order valence-corrected chi connectivity index (χ1v) is 11.1. The fraction of sp³-hybridized carbons (Fsp3) is 0.300. The summed E-state index contributed by atoms with van der Waals surface area (Å²) in [6.45, 7) is 0.952. The molecule has 1 unspecified atom stereocenters. The average molecular weight is 443 g/mol. The summed E-state index contributed by atoms with van der Waals surface area (Å²) in [5, 5.41) is 10.2. The number of carbonyl (C=O) groups is 1. The predicted octanol–water partition coefficient (Wildman–Crippen LogP) is 2.18. The Hall–Kier alpha value is -3.15. The molecular weight excluding hydrogens is 422 g/mol. The number of rotatable bonds is 7. The van der Waals surface area contributed by atoms with Gasteiger partial charge in [0.1, 0.15) is 0 Å². The Morgan fingerprint density at radius 3 is 2.71 bits per heavy atom. The molecule has 1 aromatic carbocycles. The number of pyridine rings is 1. The highest BCUT2D eigenvalue weighted by Gasteiger charge is 2.26. The molecule has 3 heterocycles. The Morgan fingerprint density at radius 1 is 1.23 bits per heavy atom. The summed E-state index contributed by atoms with van der Waals surface area (Å²) in [4.78, 5) is 16.5. The number of anilines is 1. The van der Waals surface area contributed by atoms with E-state index in [1.165, 1.54) is 35.6 Å². The van der Waals surface area contributed by atoms with Crippen LogP contribution in [0.5, 0.6) is 0 Å². The zero-order chi connectivity index (χ0) is 21.8. The maximum Gasteiger partial charge on any atom is 0.322 e. The Morgan fingerprint density at radius 2 is 2.03 bits per heavy atom. The van der Waals surface area contributed by atoms with E-state index in [9.17, 15) is 13.2 Å². The average Bonchev–Trinajstić information content (AvgIpc) is 3.46. The smallest absolute Gasteiger partial charge is 0.322 e. The zero-order valence-corrected chi connectivity index (χ0v) is 17.6. The fourth-order valence-electron chi connectivity index (χ4n) is 3.18. The minimum atomic E-state index is -3.68. The summed E-state index contributed by atoms with van der Waals surface area (Å²) in [5.74, 6) is -0.280. The van der Waals surface area contributed by atoms with Crippen molar-refractivity contribution in [3.63, 3.8) is 0 Å². The third-order valence-electron chi connectivity index (χ3n) is 4.86. The lowest BCUT2D eigenvalue weighted by atomic mass is 10.2. The van der Waals surface area contributed by atoms with Gasteiger partial charge in [-0.1, -0.05) is 5.10 Å². The van der Waals surface area contributed by atoms with Crippen molar-refractivity contribution in [3.05, 3.63) is 54.4 Å². The molecule has 0 radical (unpaired) electrons. The van der Waals surface area contributed by atoms with Gasteiger partial charge in [0.05, 0.1) is 16.6 Å². The number of aromatic nitrogens is 3. The number of likely N-dealkylation sites (N-methyl/N-ethyl adjacent to an activating group) is 1. The van der Waals surface area contributed by atoms with Crippen LogP contribution in [0.1, 0.15) is 23.2 Å². The molecule has 1 aliphatic rings. The number of sulfonamides is 1. The van der Waals surface area contributed by atoms with Crippen molar-refractivity contribution < 1.29 is 22.4 Å². The molecule has 0 saturated carbocycles. The Labute approximate surface area is 179 Å². The van der Waals surface area contributed by atoms with Crippen molar-refractivity contribution in [1.29, 1.82) is 0 Å². The van der Waals surface area contributed by atoms with Crippen molar-refractivity contribution >= 4 is 21.9 Å². The Bertz CT molecular complexity index is 1140. The zero-order valence-electron chi connectivity index (χ0n) is 16.8. The molecule has 0 spiro atoms.